The number of aliphatic carboxylic acids is 1. The number of carbonyl (C=O) groups is 1. The minimum Gasteiger partial charge on any atom is -0.478 e. The topological polar surface area (TPSA) is 40.5 Å². The summed E-state index contributed by atoms with van der Waals surface area (Å²) in [5, 5.41) is 9.85. The predicted molar refractivity (Wildman–Crippen MR) is 68.1 cm³/mol. The number of carboxylic acids is 1. The number of halogens is 1. The number of rotatable bonds is 2. The zero-order valence-corrected chi connectivity index (χ0v) is 10.4. The van der Waals surface area contributed by atoms with Gasteiger partial charge in [0.1, 0.15) is 0 Å². The van der Waals surface area contributed by atoms with Crippen LogP contribution in [0.4, 0.5) is 0 Å². The Labute approximate surface area is 105 Å². The Kier molecular flexibility index (Phi) is 3.50. The Hall–Kier alpha value is -1.32. The lowest BCUT2D eigenvalue weighted by Crippen LogP contribution is -2.29. The van der Waals surface area contributed by atoms with Crippen molar-refractivity contribution in [2.75, 3.05) is 20.1 Å². The predicted octanol–water partition coefficient (Wildman–Crippen LogP) is 2.51. The number of likely N-dealkylation sites (N-methyl/N-ethyl adjacent to an activating group) is 1. The Bertz CT molecular complexity index is 482. The second-order valence-corrected chi connectivity index (χ2v) is 4.70. The van der Waals surface area contributed by atoms with Gasteiger partial charge in [-0.15, -0.1) is 0 Å². The van der Waals surface area contributed by atoms with E-state index in [4.69, 9.17) is 11.6 Å². The van der Waals surface area contributed by atoms with E-state index in [-0.39, 0.29) is 0 Å². The van der Waals surface area contributed by atoms with Crippen LogP contribution in [0, 0.1) is 0 Å². The van der Waals surface area contributed by atoms with Crippen LogP contribution in [0.1, 0.15) is 12.0 Å². The molecule has 0 saturated carbocycles. The van der Waals surface area contributed by atoms with Crippen LogP contribution >= 0.6 is 11.6 Å². The van der Waals surface area contributed by atoms with Crippen molar-refractivity contribution in [3.8, 4) is 0 Å². The molecule has 0 bridgehead atoms. The normalized spacial score (nSPS) is 17.3. The minimum atomic E-state index is -0.826. The molecule has 1 aliphatic heterocycles. The first-order valence-electron chi connectivity index (χ1n) is 5.47. The van der Waals surface area contributed by atoms with Gasteiger partial charge in [0.05, 0.1) is 0 Å². The molecule has 4 heteroatoms. The lowest BCUT2D eigenvalue weighted by Gasteiger charge is -2.26. The molecule has 2 rings (SSSR count). The highest BCUT2D eigenvalue weighted by atomic mass is 35.5. The highest BCUT2D eigenvalue weighted by Gasteiger charge is 2.22. The number of nitrogens with zero attached hydrogens (tertiary/aromatic N) is 1. The third kappa shape index (κ3) is 2.68. The van der Waals surface area contributed by atoms with Gasteiger partial charge in [0.2, 0.25) is 0 Å². The summed E-state index contributed by atoms with van der Waals surface area (Å²) in [6.45, 7) is 1.44. The van der Waals surface area contributed by atoms with Gasteiger partial charge in [-0.25, -0.2) is 4.79 Å². The van der Waals surface area contributed by atoms with Crippen molar-refractivity contribution in [1.82, 2.24) is 4.90 Å². The molecule has 1 aromatic rings. The molecule has 90 valence electrons. The van der Waals surface area contributed by atoms with Gasteiger partial charge in [0.25, 0.3) is 0 Å². The van der Waals surface area contributed by atoms with Crippen molar-refractivity contribution in [1.29, 1.82) is 0 Å². The van der Waals surface area contributed by atoms with Gasteiger partial charge in [-0.1, -0.05) is 23.7 Å². The lowest BCUT2D eigenvalue weighted by molar-refractivity contribution is -0.132. The number of hydrogen-bond acceptors (Lipinski definition) is 2. The molecule has 0 spiro atoms. The summed E-state index contributed by atoms with van der Waals surface area (Å²) in [4.78, 5) is 13.3. The van der Waals surface area contributed by atoms with E-state index in [9.17, 15) is 9.90 Å². The Morgan fingerprint density at radius 2 is 2.24 bits per heavy atom. The fourth-order valence-corrected chi connectivity index (χ4v) is 2.27. The van der Waals surface area contributed by atoms with Crippen LogP contribution in [0.5, 0.6) is 0 Å². The van der Waals surface area contributed by atoms with Crippen molar-refractivity contribution in [2.45, 2.75) is 6.42 Å². The van der Waals surface area contributed by atoms with Crippen LogP contribution in [0.15, 0.2) is 29.8 Å². The molecule has 1 aromatic carbocycles. The number of hydrogen-bond donors (Lipinski definition) is 1. The lowest BCUT2D eigenvalue weighted by atomic mass is 9.94. The fourth-order valence-electron chi connectivity index (χ4n) is 2.08. The largest absolute Gasteiger partial charge is 0.478 e. The molecule has 0 unspecified atom stereocenters. The Balaban J connectivity index is 2.48. The molecule has 0 aromatic heterocycles. The van der Waals surface area contributed by atoms with Crippen LogP contribution in [0.3, 0.4) is 0 Å². The maximum Gasteiger partial charge on any atom is 0.331 e. The molecule has 0 saturated heterocycles. The average Bonchev–Trinajstić information content (AvgIpc) is 2.28. The van der Waals surface area contributed by atoms with Gasteiger partial charge in [-0.3, -0.25) is 0 Å². The van der Waals surface area contributed by atoms with Crippen LogP contribution in [0.25, 0.3) is 5.57 Å². The van der Waals surface area contributed by atoms with Gasteiger partial charge in [0.15, 0.2) is 0 Å². The van der Waals surface area contributed by atoms with Gasteiger partial charge in [-0.2, -0.15) is 0 Å². The van der Waals surface area contributed by atoms with Crippen LogP contribution in [-0.2, 0) is 4.79 Å². The summed E-state index contributed by atoms with van der Waals surface area (Å²) in [5.74, 6) is -0.826. The summed E-state index contributed by atoms with van der Waals surface area (Å²) in [7, 11) is 1.99. The highest BCUT2D eigenvalue weighted by molar-refractivity contribution is 6.30. The second kappa shape index (κ2) is 4.90. The van der Waals surface area contributed by atoms with Gasteiger partial charge < -0.3 is 10.0 Å². The molecule has 0 atom stereocenters. The minimum absolute atomic E-state index is 0.505. The van der Waals surface area contributed by atoms with Crippen molar-refractivity contribution < 1.29 is 9.90 Å². The van der Waals surface area contributed by atoms with Gasteiger partial charge in [-0.05, 0) is 36.7 Å². The summed E-state index contributed by atoms with van der Waals surface area (Å²) < 4.78 is 0. The highest BCUT2D eigenvalue weighted by Crippen LogP contribution is 2.27. The van der Waals surface area contributed by atoms with Crippen molar-refractivity contribution >= 4 is 23.1 Å². The van der Waals surface area contributed by atoms with Crippen molar-refractivity contribution in [2.24, 2.45) is 0 Å². The molecule has 0 radical (unpaired) electrons. The molecule has 1 heterocycles. The molecule has 0 amide bonds. The molecule has 17 heavy (non-hydrogen) atoms. The average molecular weight is 252 g/mol. The third-order valence-electron chi connectivity index (χ3n) is 2.97. The molecular formula is C13H14ClNO2. The summed E-state index contributed by atoms with van der Waals surface area (Å²) in [6, 6.07) is 7.36. The molecule has 0 fully saturated rings. The number of benzene rings is 1. The maximum absolute atomic E-state index is 11.2. The van der Waals surface area contributed by atoms with E-state index in [1.165, 1.54) is 0 Å². The van der Waals surface area contributed by atoms with E-state index in [0.29, 0.717) is 23.6 Å². The van der Waals surface area contributed by atoms with E-state index >= 15 is 0 Å². The summed E-state index contributed by atoms with van der Waals surface area (Å²) in [5.41, 5.74) is 2.28. The van der Waals surface area contributed by atoms with E-state index < -0.39 is 5.97 Å². The summed E-state index contributed by atoms with van der Waals surface area (Å²) in [6.07, 6.45) is 0.577. The molecule has 0 aliphatic carbocycles. The van der Waals surface area contributed by atoms with Gasteiger partial charge >= 0.3 is 5.97 Å². The smallest absolute Gasteiger partial charge is 0.331 e. The monoisotopic (exact) mass is 251 g/mol. The first-order chi connectivity index (χ1) is 8.08. The third-order valence-corrected chi connectivity index (χ3v) is 3.20. The van der Waals surface area contributed by atoms with Gasteiger partial charge in [0, 0.05) is 23.7 Å². The Morgan fingerprint density at radius 1 is 1.47 bits per heavy atom. The second-order valence-electron chi connectivity index (χ2n) is 4.26. The SMILES string of the molecule is CN1CCC(C(=O)O)=C(c2cccc(Cl)c2)C1. The maximum atomic E-state index is 11.2. The first-order valence-corrected chi connectivity index (χ1v) is 5.85. The van der Waals surface area contributed by atoms with Crippen molar-refractivity contribution in [3.05, 3.63) is 40.4 Å². The van der Waals surface area contributed by atoms with E-state index in [1.807, 2.05) is 25.2 Å². The fraction of sp³-hybridized carbons (Fsp3) is 0.308. The quantitative estimate of drug-likeness (QED) is 0.878. The Morgan fingerprint density at radius 3 is 2.88 bits per heavy atom. The van der Waals surface area contributed by atoms with Crippen LogP contribution in [-0.4, -0.2) is 36.1 Å². The number of carboxylic acid groups (broad SMARTS) is 1. The van der Waals surface area contributed by atoms with E-state index in [2.05, 4.69) is 4.90 Å². The zero-order chi connectivity index (χ0) is 12.4. The molecule has 3 nitrogen and oxygen atoms in total. The molecule has 1 N–H and O–H groups in total. The molecular weight excluding hydrogens is 238 g/mol. The first kappa shape index (κ1) is 12.1. The molecule has 1 aliphatic rings. The van der Waals surface area contributed by atoms with E-state index in [0.717, 1.165) is 17.7 Å². The standard InChI is InChI=1S/C13H14ClNO2/c1-15-6-5-11(13(16)17)12(8-15)9-3-2-4-10(14)7-9/h2-4,7H,5-6,8H2,1H3,(H,16,17). The van der Waals surface area contributed by atoms with Crippen LogP contribution in [0.2, 0.25) is 5.02 Å². The zero-order valence-electron chi connectivity index (χ0n) is 9.61. The summed E-state index contributed by atoms with van der Waals surface area (Å²) >= 11 is 5.94. The van der Waals surface area contributed by atoms with E-state index in [1.54, 1.807) is 6.07 Å². The van der Waals surface area contributed by atoms with Crippen molar-refractivity contribution in [3.63, 3.8) is 0 Å². The van der Waals surface area contributed by atoms with Crippen LogP contribution < -0.4 is 0 Å².